The number of hydrogen-bond acceptors (Lipinski definition) is 2. The molecule has 4 heteroatoms. The summed E-state index contributed by atoms with van der Waals surface area (Å²) in [6, 6.07) is 10.4. The SMILES string of the molecule is Cc1nc(Cl)c2c(n1)c(Cc1ccccc1)cn2C. The van der Waals surface area contributed by atoms with Gasteiger partial charge in [0.25, 0.3) is 0 Å². The van der Waals surface area contributed by atoms with Crippen LogP contribution < -0.4 is 0 Å². The minimum absolute atomic E-state index is 0.518. The van der Waals surface area contributed by atoms with Gasteiger partial charge in [0.05, 0.1) is 5.52 Å². The average Bonchev–Trinajstić information content (AvgIpc) is 2.67. The van der Waals surface area contributed by atoms with Gasteiger partial charge in [-0.25, -0.2) is 9.97 Å². The van der Waals surface area contributed by atoms with Crippen molar-refractivity contribution in [1.29, 1.82) is 0 Å². The number of halogens is 1. The Bertz CT molecular complexity index is 732. The number of fused-ring (bicyclic) bond motifs is 1. The Morgan fingerprint density at radius 3 is 2.63 bits per heavy atom. The Kier molecular flexibility index (Phi) is 2.99. The first-order valence-corrected chi connectivity index (χ1v) is 6.55. The lowest BCUT2D eigenvalue weighted by Gasteiger charge is -2.01. The maximum Gasteiger partial charge on any atom is 0.157 e. The zero-order chi connectivity index (χ0) is 13.4. The van der Waals surface area contributed by atoms with Gasteiger partial charge in [0.1, 0.15) is 11.3 Å². The highest BCUT2D eigenvalue weighted by Crippen LogP contribution is 2.26. The summed E-state index contributed by atoms with van der Waals surface area (Å²) < 4.78 is 2.00. The second-order valence-corrected chi connectivity index (χ2v) is 5.04. The molecule has 96 valence electrons. The predicted molar refractivity (Wildman–Crippen MR) is 77.5 cm³/mol. The monoisotopic (exact) mass is 271 g/mol. The average molecular weight is 272 g/mol. The van der Waals surface area contributed by atoms with Crippen molar-refractivity contribution in [3.8, 4) is 0 Å². The Morgan fingerprint density at radius 1 is 1.16 bits per heavy atom. The first-order chi connectivity index (χ1) is 9.15. The molecule has 0 spiro atoms. The third-order valence-corrected chi connectivity index (χ3v) is 3.46. The number of nitrogens with zero attached hydrogens (tertiary/aromatic N) is 3. The van der Waals surface area contributed by atoms with Crippen molar-refractivity contribution in [3.05, 3.63) is 58.6 Å². The summed E-state index contributed by atoms with van der Waals surface area (Å²) >= 11 is 6.21. The van der Waals surface area contributed by atoms with E-state index in [2.05, 4.69) is 28.3 Å². The van der Waals surface area contributed by atoms with E-state index in [1.165, 1.54) is 11.1 Å². The van der Waals surface area contributed by atoms with E-state index in [9.17, 15) is 0 Å². The first-order valence-electron chi connectivity index (χ1n) is 6.17. The van der Waals surface area contributed by atoms with E-state index in [0.717, 1.165) is 17.5 Å². The minimum atomic E-state index is 0.518. The van der Waals surface area contributed by atoms with Crippen molar-refractivity contribution in [2.24, 2.45) is 7.05 Å². The van der Waals surface area contributed by atoms with Crippen LogP contribution in [-0.4, -0.2) is 14.5 Å². The second kappa shape index (κ2) is 4.67. The van der Waals surface area contributed by atoms with Crippen molar-refractivity contribution in [2.75, 3.05) is 0 Å². The van der Waals surface area contributed by atoms with E-state index >= 15 is 0 Å². The summed E-state index contributed by atoms with van der Waals surface area (Å²) in [7, 11) is 1.97. The molecule has 0 saturated heterocycles. The normalized spacial score (nSPS) is 11.1. The number of aryl methyl sites for hydroxylation is 2. The van der Waals surface area contributed by atoms with Gasteiger partial charge < -0.3 is 4.57 Å². The summed E-state index contributed by atoms with van der Waals surface area (Å²) in [4.78, 5) is 8.75. The number of aromatic nitrogens is 3. The topological polar surface area (TPSA) is 30.7 Å². The van der Waals surface area contributed by atoms with E-state index < -0.39 is 0 Å². The molecule has 0 aliphatic rings. The molecule has 0 atom stereocenters. The molecule has 0 amide bonds. The van der Waals surface area contributed by atoms with Gasteiger partial charge in [0, 0.05) is 25.2 Å². The Hall–Kier alpha value is -1.87. The molecule has 0 N–H and O–H groups in total. The maximum absolute atomic E-state index is 6.21. The van der Waals surface area contributed by atoms with Crippen LogP contribution in [0, 0.1) is 6.92 Å². The smallest absolute Gasteiger partial charge is 0.157 e. The maximum atomic E-state index is 6.21. The lowest BCUT2D eigenvalue weighted by molar-refractivity contribution is 0.951. The third kappa shape index (κ3) is 2.22. The molecule has 0 aliphatic heterocycles. The van der Waals surface area contributed by atoms with Crippen LogP contribution in [0.15, 0.2) is 36.5 Å². The molecule has 3 rings (SSSR count). The molecular weight excluding hydrogens is 258 g/mol. The molecule has 2 aromatic heterocycles. The van der Waals surface area contributed by atoms with Gasteiger partial charge in [-0.2, -0.15) is 0 Å². The van der Waals surface area contributed by atoms with Gasteiger partial charge in [-0.05, 0) is 12.5 Å². The van der Waals surface area contributed by atoms with Gasteiger partial charge in [-0.15, -0.1) is 0 Å². The van der Waals surface area contributed by atoms with Gasteiger partial charge in [-0.3, -0.25) is 0 Å². The number of hydrogen-bond donors (Lipinski definition) is 0. The summed E-state index contributed by atoms with van der Waals surface area (Å²) in [5.74, 6) is 0.706. The van der Waals surface area contributed by atoms with Crippen molar-refractivity contribution >= 4 is 22.6 Å². The summed E-state index contributed by atoms with van der Waals surface area (Å²) in [6.45, 7) is 1.87. The van der Waals surface area contributed by atoms with Crippen molar-refractivity contribution in [3.63, 3.8) is 0 Å². The molecule has 19 heavy (non-hydrogen) atoms. The van der Waals surface area contributed by atoms with E-state index in [-0.39, 0.29) is 0 Å². The van der Waals surface area contributed by atoms with Gasteiger partial charge in [-0.1, -0.05) is 41.9 Å². The molecule has 0 unspecified atom stereocenters. The van der Waals surface area contributed by atoms with Crippen molar-refractivity contribution < 1.29 is 0 Å². The van der Waals surface area contributed by atoms with Crippen LogP contribution in [0.2, 0.25) is 5.15 Å². The van der Waals surface area contributed by atoms with Gasteiger partial charge in [0.2, 0.25) is 0 Å². The van der Waals surface area contributed by atoms with Crippen LogP contribution in [0.3, 0.4) is 0 Å². The van der Waals surface area contributed by atoms with E-state index in [0.29, 0.717) is 11.0 Å². The Labute approximate surface area is 116 Å². The molecule has 3 nitrogen and oxygen atoms in total. The van der Waals surface area contributed by atoms with Gasteiger partial charge >= 0.3 is 0 Å². The minimum Gasteiger partial charge on any atom is -0.346 e. The molecule has 0 aliphatic carbocycles. The zero-order valence-electron chi connectivity index (χ0n) is 10.9. The van der Waals surface area contributed by atoms with Crippen LogP contribution in [0.1, 0.15) is 17.0 Å². The molecule has 0 saturated carbocycles. The lowest BCUT2D eigenvalue weighted by Crippen LogP contribution is -1.93. The Morgan fingerprint density at radius 2 is 1.89 bits per heavy atom. The largest absolute Gasteiger partial charge is 0.346 e. The molecule has 0 fully saturated rings. The third-order valence-electron chi connectivity index (χ3n) is 3.20. The first kappa shape index (κ1) is 12.2. The van der Waals surface area contributed by atoms with Crippen LogP contribution in [-0.2, 0) is 13.5 Å². The predicted octanol–water partition coefficient (Wildman–Crippen LogP) is 3.52. The highest BCUT2D eigenvalue weighted by Gasteiger charge is 2.13. The van der Waals surface area contributed by atoms with Crippen LogP contribution in [0.5, 0.6) is 0 Å². The fourth-order valence-corrected chi connectivity index (χ4v) is 2.72. The lowest BCUT2D eigenvalue weighted by atomic mass is 10.1. The zero-order valence-corrected chi connectivity index (χ0v) is 11.6. The van der Waals surface area contributed by atoms with Crippen LogP contribution in [0.25, 0.3) is 11.0 Å². The summed E-state index contributed by atoms with van der Waals surface area (Å²) in [6.07, 6.45) is 2.93. The van der Waals surface area contributed by atoms with Crippen molar-refractivity contribution in [2.45, 2.75) is 13.3 Å². The number of benzene rings is 1. The van der Waals surface area contributed by atoms with Crippen LogP contribution in [0.4, 0.5) is 0 Å². The van der Waals surface area contributed by atoms with Crippen molar-refractivity contribution in [1.82, 2.24) is 14.5 Å². The summed E-state index contributed by atoms with van der Waals surface area (Å²) in [5.41, 5.74) is 4.29. The van der Waals surface area contributed by atoms with Crippen LogP contribution >= 0.6 is 11.6 Å². The van der Waals surface area contributed by atoms with E-state index in [1.54, 1.807) is 0 Å². The quantitative estimate of drug-likeness (QED) is 0.668. The molecule has 0 bridgehead atoms. The van der Waals surface area contributed by atoms with Gasteiger partial charge in [0.15, 0.2) is 5.15 Å². The standard InChI is InChI=1S/C15H14ClN3/c1-10-17-13-12(8-11-6-4-3-5-7-11)9-19(2)14(13)15(16)18-10/h3-7,9H,8H2,1-2H3. The van der Waals surface area contributed by atoms with E-state index in [1.807, 2.05) is 36.7 Å². The molecule has 3 aromatic rings. The summed E-state index contributed by atoms with van der Waals surface area (Å²) in [5, 5.41) is 0.518. The fraction of sp³-hybridized carbons (Fsp3) is 0.200. The molecular formula is C15H14ClN3. The highest BCUT2D eigenvalue weighted by atomic mass is 35.5. The molecule has 1 aromatic carbocycles. The Balaban J connectivity index is 2.14. The fourth-order valence-electron chi connectivity index (χ4n) is 2.37. The van der Waals surface area contributed by atoms with E-state index in [4.69, 9.17) is 11.6 Å². The molecule has 2 heterocycles. The molecule has 0 radical (unpaired) electrons. The second-order valence-electron chi connectivity index (χ2n) is 4.69. The number of rotatable bonds is 2. The highest BCUT2D eigenvalue weighted by molar-refractivity contribution is 6.33.